The van der Waals surface area contributed by atoms with Crippen LogP contribution in [0.2, 0.25) is 0 Å². The van der Waals surface area contributed by atoms with Gasteiger partial charge in [-0.1, -0.05) is 49.1 Å². The average molecular weight is 456 g/mol. The predicted octanol–water partition coefficient (Wildman–Crippen LogP) is 6.88. The molecule has 4 aromatic rings. The fraction of sp³-hybridized carbons (Fsp3) is 0.286. The third-order valence-electron chi connectivity index (χ3n) is 6.51. The number of nitrogens with zero attached hydrogens (tertiary/aromatic N) is 2. The van der Waals surface area contributed by atoms with E-state index in [1.165, 1.54) is 31.1 Å². The summed E-state index contributed by atoms with van der Waals surface area (Å²) in [6, 6.07) is 18.0. The van der Waals surface area contributed by atoms with Gasteiger partial charge in [-0.2, -0.15) is 0 Å². The minimum absolute atomic E-state index is 0.261. The van der Waals surface area contributed by atoms with Crippen LogP contribution in [0.4, 0.5) is 5.69 Å². The predicted molar refractivity (Wildman–Crippen MR) is 133 cm³/mol. The maximum absolute atomic E-state index is 12.6. The Bertz CT molecular complexity index is 1270. The summed E-state index contributed by atoms with van der Waals surface area (Å²) >= 11 is 0. The van der Waals surface area contributed by atoms with Crippen LogP contribution in [0.15, 0.2) is 71.6 Å². The van der Waals surface area contributed by atoms with Crippen LogP contribution in [-0.4, -0.2) is 22.6 Å². The molecule has 6 nitrogen and oxygen atoms in total. The first-order valence-corrected chi connectivity index (χ1v) is 11.8. The third kappa shape index (κ3) is 4.49. The molecule has 2 aromatic heterocycles. The number of hydrogen-bond acceptors (Lipinski definition) is 4. The van der Waals surface area contributed by atoms with Gasteiger partial charge >= 0.3 is 0 Å². The van der Waals surface area contributed by atoms with E-state index in [-0.39, 0.29) is 11.7 Å². The Hall–Kier alpha value is -3.80. The lowest BCUT2D eigenvalue weighted by atomic mass is 9.94. The van der Waals surface area contributed by atoms with Gasteiger partial charge in [0.1, 0.15) is 5.75 Å². The SMILES string of the molecule is COc1cc(NC(=O)c2ccco2)cc(-c2c(-c3ccc(C)cc3)ncn2C2CCCCC2)c1. The average Bonchev–Trinajstić information content (AvgIpc) is 3.56. The van der Waals surface area contributed by atoms with Crippen LogP contribution in [0.1, 0.15) is 54.3 Å². The maximum Gasteiger partial charge on any atom is 0.291 e. The summed E-state index contributed by atoms with van der Waals surface area (Å²) in [5.74, 6) is 0.624. The number of aromatic nitrogens is 2. The molecule has 2 heterocycles. The standard InChI is InChI=1S/C28H29N3O3/c1-19-10-12-20(13-11-19)26-27(31(18-29-26)23-7-4-3-5-8-23)21-15-22(17-24(16-21)33-2)30-28(32)25-9-6-14-34-25/h6,9-18,23H,3-5,7-8H2,1-2H3,(H,30,32). The lowest BCUT2D eigenvalue weighted by Crippen LogP contribution is -2.14. The molecule has 0 saturated heterocycles. The minimum atomic E-state index is -0.302. The molecule has 0 unspecified atom stereocenters. The van der Waals surface area contributed by atoms with Crippen molar-refractivity contribution < 1.29 is 13.9 Å². The molecule has 1 amide bonds. The van der Waals surface area contributed by atoms with Crippen molar-refractivity contribution >= 4 is 11.6 Å². The fourth-order valence-electron chi connectivity index (χ4n) is 4.73. The van der Waals surface area contributed by atoms with Gasteiger partial charge in [0.2, 0.25) is 0 Å². The molecular weight excluding hydrogens is 426 g/mol. The second kappa shape index (κ2) is 9.59. The van der Waals surface area contributed by atoms with Crippen molar-refractivity contribution in [2.75, 3.05) is 12.4 Å². The van der Waals surface area contributed by atoms with Crippen molar-refractivity contribution in [1.82, 2.24) is 9.55 Å². The van der Waals surface area contributed by atoms with E-state index < -0.39 is 0 Å². The second-order valence-corrected chi connectivity index (χ2v) is 8.89. The quantitative estimate of drug-likeness (QED) is 0.344. The Balaban J connectivity index is 1.61. The highest BCUT2D eigenvalue weighted by Gasteiger charge is 2.23. The molecular formula is C28H29N3O3. The summed E-state index contributed by atoms with van der Waals surface area (Å²) in [5.41, 5.74) is 5.85. The van der Waals surface area contributed by atoms with Crippen molar-refractivity contribution in [3.8, 4) is 28.3 Å². The van der Waals surface area contributed by atoms with E-state index in [4.69, 9.17) is 14.1 Å². The number of ether oxygens (including phenoxy) is 1. The Morgan fingerprint density at radius 3 is 2.56 bits per heavy atom. The largest absolute Gasteiger partial charge is 0.497 e. The van der Waals surface area contributed by atoms with E-state index in [2.05, 4.69) is 41.1 Å². The lowest BCUT2D eigenvalue weighted by molar-refractivity contribution is 0.0996. The topological polar surface area (TPSA) is 69.3 Å². The van der Waals surface area contributed by atoms with E-state index >= 15 is 0 Å². The molecule has 34 heavy (non-hydrogen) atoms. The van der Waals surface area contributed by atoms with E-state index in [0.717, 1.165) is 35.4 Å². The molecule has 2 aromatic carbocycles. The van der Waals surface area contributed by atoms with Crippen LogP contribution < -0.4 is 10.1 Å². The second-order valence-electron chi connectivity index (χ2n) is 8.89. The van der Waals surface area contributed by atoms with Gasteiger partial charge in [-0.3, -0.25) is 4.79 Å². The minimum Gasteiger partial charge on any atom is -0.497 e. The molecule has 0 spiro atoms. The first kappa shape index (κ1) is 22.0. The molecule has 1 aliphatic rings. The molecule has 5 rings (SSSR count). The van der Waals surface area contributed by atoms with Crippen molar-refractivity contribution in [3.05, 3.63) is 78.5 Å². The monoisotopic (exact) mass is 455 g/mol. The number of carbonyl (C=O) groups is 1. The van der Waals surface area contributed by atoms with E-state index in [1.54, 1.807) is 19.2 Å². The van der Waals surface area contributed by atoms with Gasteiger partial charge in [-0.25, -0.2) is 4.98 Å². The molecule has 0 bridgehead atoms. The van der Waals surface area contributed by atoms with Crippen molar-refractivity contribution in [2.24, 2.45) is 0 Å². The normalized spacial score (nSPS) is 14.2. The Morgan fingerprint density at radius 2 is 1.85 bits per heavy atom. The van der Waals surface area contributed by atoms with Crippen LogP contribution >= 0.6 is 0 Å². The van der Waals surface area contributed by atoms with Gasteiger partial charge in [0, 0.05) is 28.9 Å². The first-order chi connectivity index (χ1) is 16.6. The number of amides is 1. The third-order valence-corrected chi connectivity index (χ3v) is 6.51. The maximum atomic E-state index is 12.6. The number of anilines is 1. The number of imidazole rings is 1. The molecule has 1 N–H and O–H groups in total. The number of carbonyl (C=O) groups excluding carboxylic acids is 1. The van der Waals surface area contributed by atoms with Crippen LogP contribution in [0, 0.1) is 6.92 Å². The molecule has 6 heteroatoms. The zero-order valence-electron chi connectivity index (χ0n) is 19.6. The van der Waals surface area contributed by atoms with E-state index in [0.29, 0.717) is 17.5 Å². The van der Waals surface area contributed by atoms with Gasteiger partial charge < -0.3 is 19.0 Å². The molecule has 0 radical (unpaired) electrons. The smallest absolute Gasteiger partial charge is 0.291 e. The van der Waals surface area contributed by atoms with Gasteiger partial charge in [0.25, 0.3) is 5.91 Å². The van der Waals surface area contributed by atoms with Crippen molar-refractivity contribution in [2.45, 2.75) is 45.1 Å². The van der Waals surface area contributed by atoms with E-state index in [9.17, 15) is 4.79 Å². The number of aryl methyl sites for hydroxylation is 1. The van der Waals surface area contributed by atoms with Crippen molar-refractivity contribution in [3.63, 3.8) is 0 Å². The summed E-state index contributed by atoms with van der Waals surface area (Å²) in [5, 5.41) is 2.94. The Kier molecular flexibility index (Phi) is 6.21. The van der Waals surface area contributed by atoms with Gasteiger partial charge in [0.05, 0.1) is 31.1 Å². The molecule has 1 aliphatic carbocycles. The summed E-state index contributed by atoms with van der Waals surface area (Å²) in [6.45, 7) is 2.08. The molecule has 174 valence electrons. The van der Waals surface area contributed by atoms with Gasteiger partial charge in [-0.05, 0) is 44.0 Å². The molecule has 1 fully saturated rings. The van der Waals surface area contributed by atoms with Crippen LogP contribution in [0.3, 0.4) is 0 Å². The molecule has 0 atom stereocenters. The van der Waals surface area contributed by atoms with Crippen LogP contribution in [0.5, 0.6) is 5.75 Å². The zero-order chi connectivity index (χ0) is 23.5. The number of benzene rings is 2. The zero-order valence-corrected chi connectivity index (χ0v) is 19.6. The highest BCUT2D eigenvalue weighted by atomic mass is 16.5. The number of rotatable bonds is 6. The van der Waals surface area contributed by atoms with Crippen LogP contribution in [-0.2, 0) is 0 Å². The highest BCUT2D eigenvalue weighted by Crippen LogP contribution is 2.39. The fourth-order valence-corrected chi connectivity index (χ4v) is 4.73. The summed E-state index contributed by atoms with van der Waals surface area (Å²) in [6.07, 6.45) is 9.48. The summed E-state index contributed by atoms with van der Waals surface area (Å²) < 4.78 is 13.2. The highest BCUT2D eigenvalue weighted by molar-refractivity contribution is 6.02. The van der Waals surface area contributed by atoms with Crippen LogP contribution in [0.25, 0.3) is 22.5 Å². The number of furan rings is 1. The number of nitrogens with one attached hydrogen (secondary N) is 1. The van der Waals surface area contributed by atoms with Crippen molar-refractivity contribution in [1.29, 1.82) is 0 Å². The van der Waals surface area contributed by atoms with Gasteiger partial charge in [0.15, 0.2) is 5.76 Å². The lowest BCUT2D eigenvalue weighted by Gasteiger charge is -2.25. The Morgan fingerprint density at radius 1 is 1.06 bits per heavy atom. The Labute approximate surface area is 199 Å². The van der Waals surface area contributed by atoms with E-state index in [1.807, 2.05) is 24.5 Å². The molecule has 1 saturated carbocycles. The summed E-state index contributed by atoms with van der Waals surface area (Å²) in [7, 11) is 1.64. The number of methoxy groups -OCH3 is 1. The summed E-state index contributed by atoms with van der Waals surface area (Å²) in [4.78, 5) is 17.5. The number of hydrogen-bond donors (Lipinski definition) is 1. The first-order valence-electron chi connectivity index (χ1n) is 11.8. The van der Waals surface area contributed by atoms with Gasteiger partial charge in [-0.15, -0.1) is 0 Å². The molecule has 0 aliphatic heterocycles.